The molecular formula is C12H13N3O2S. The van der Waals surface area contributed by atoms with Gasteiger partial charge in [0.15, 0.2) is 0 Å². The number of rotatable bonds is 5. The third-order valence-electron chi connectivity index (χ3n) is 2.44. The summed E-state index contributed by atoms with van der Waals surface area (Å²) in [6.07, 6.45) is 1.53. The highest BCUT2D eigenvalue weighted by molar-refractivity contribution is 7.98. The fourth-order valence-corrected chi connectivity index (χ4v) is 2.44. The van der Waals surface area contributed by atoms with Crippen LogP contribution in [0.15, 0.2) is 35.5 Å². The number of carboxylic acids is 1. The third-order valence-corrected chi connectivity index (χ3v) is 3.43. The highest BCUT2D eigenvalue weighted by atomic mass is 32.2. The van der Waals surface area contributed by atoms with Gasteiger partial charge in [-0.1, -0.05) is 6.07 Å². The molecule has 5 nitrogen and oxygen atoms in total. The maximum atomic E-state index is 10.9. The van der Waals surface area contributed by atoms with E-state index in [1.807, 2.05) is 17.7 Å². The minimum Gasteiger partial charge on any atom is -0.478 e. The lowest BCUT2D eigenvalue weighted by Gasteiger charge is -2.04. The van der Waals surface area contributed by atoms with Gasteiger partial charge in [-0.05, 0) is 25.1 Å². The van der Waals surface area contributed by atoms with Gasteiger partial charge in [0.05, 0.1) is 11.3 Å². The molecule has 0 bridgehead atoms. The zero-order chi connectivity index (χ0) is 13.0. The number of carboxylic acid groups (broad SMARTS) is 1. The molecule has 0 radical (unpaired) electrons. The number of nitrogens with zero attached hydrogens (tertiary/aromatic N) is 3. The van der Waals surface area contributed by atoms with E-state index in [1.165, 1.54) is 6.33 Å². The van der Waals surface area contributed by atoms with Gasteiger partial charge in [-0.25, -0.2) is 14.5 Å². The van der Waals surface area contributed by atoms with Crippen molar-refractivity contribution in [3.8, 4) is 0 Å². The maximum Gasteiger partial charge on any atom is 0.335 e. The number of aryl methyl sites for hydroxylation is 1. The van der Waals surface area contributed by atoms with Gasteiger partial charge in [0.2, 0.25) is 0 Å². The van der Waals surface area contributed by atoms with Crippen LogP contribution in [0.1, 0.15) is 23.1 Å². The molecule has 0 aliphatic carbocycles. The summed E-state index contributed by atoms with van der Waals surface area (Å²) in [6.45, 7) is 2.79. The highest BCUT2D eigenvalue weighted by Gasteiger charge is 2.06. The monoisotopic (exact) mass is 263 g/mol. The van der Waals surface area contributed by atoms with Crippen LogP contribution in [0.25, 0.3) is 0 Å². The Balaban J connectivity index is 2.06. The number of hydrogen-bond donors (Lipinski definition) is 1. The summed E-state index contributed by atoms with van der Waals surface area (Å²) in [5.74, 6) is 0.661. The van der Waals surface area contributed by atoms with Crippen molar-refractivity contribution in [1.29, 1.82) is 0 Å². The summed E-state index contributed by atoms with van der Waals surface area (Å²) in [5.41, 5.74) is 0.303. The van der Waals surface area contributed by atoms with Crippen LogP contribution in [0, 0.1) is 0 Å². The second-order valence-corrected chi connectivity index (χ2v) is 4.66. The van der Waals surface area contributed by atoms with Crippen molar-refractivity contribution >= 4 is 17.7 Å². The molecule has 1 aromatic carbocycles. The Morgan fingerprint density at radius 2 is 2.33 bits per heavy atom. The summed E-state index contributed by atoms with van der Waals surface area (Å²) in [5, 5.41) is 13.0. The summed E-state index contributed by atoms with van der Waals surface area (Å²) in [7, 11) is 0. The SMILES string of the molecule is CCn1ncnc1CSc1cccc(C(=O)O)c1. The van der Waals surface area contributed by atoms with E-state index in [1.54, 1.807) is 30.0 Å². The topological polar surface area (TPSA) is 68.0 Å². The van der Waals surface area contributed by atoms with E-state index in [0.717, 1.165) is 17.3 Å². The number of aromatic nitrogens is 3. The molecule has 1 aromatic heterocycles. The number of hydrogen-bond acceptors (Lipinski definition) is 4. The smallest absolute Gasteiger partial charge is 0.335 e. The lowest BCUT2D eigenvalue weighted by atomic mass is 10.2. The van der Waals surface area contributed by atoms with Crippen LogP contribution in [-0.2, 0) is 12.3 Å². The van der Waals surface area contributed by atoms with Crippen LogP contribution in [-0.4, -0.2) is 25.8 Å². The zero-order valence-corrected chi connectivity index (χ0v) is 10.7. The molecule has 0 amide bonds. The first-order valence-electron chi connectivity index (χ1n) is 5.53. The predicted molar refractivity (Wildman–Crippen MR) is 68.7 cm³/mol. The van der Waals surface area contributed by atoms with Crippen LogP contribution in [0.2, 0.25) is 0 Å². The Morgan fingerprint density at radius 1 is 1.50 bits per heavy atom. The average molecular weight is 263 g/mol. The van der Waals surface area contributed by atoms with Gasteiger partial charge in [-0.2, -0.15) is 5.10 Å². The molecule has 1 N–H and O–H groups in total. The number of benzene rings is 1. The standard InChI is InChI=1S/C12H13N3O2S/c1-2-15-11(13-8-14-15)7-18-10-5-3-4-9(6-10)12(16)17/h3-6,8H,2,7H2,1H3,(H,16,17). The molecule has 2 rings (SSSR count). The van der Waals surface area contributed by atoms with Crippen LogP contribution in [0.3, 0.4) is 0 Å². The zero-order valence-electron chi connectivity index (χ0n) is 9.91. The van der Waals surface area contributed by atoms with E-state index < -0.39 is 5.97 Å². The summed E-state index contributed by atoms with van der Waals surface area (Å²) in [6, 6.07) is 6.89. The minimum absolute atomic E-state index is 0.303. The van der Waals surface area contributed by atoms with E-state index in [4.69, 9.17) is 5.11 Å². The molecule has 94 valence electrons. The average Bonchev–Trinajstić information content (AvgIpc) is 2.84. The normalized spacial score (nSPS) is 10.5. The molecule has 0 unspecified atom stereocenters. The van der Waals surface area contributed by atoms with Gasteiger partial charge in [0, 0.05) is 11.4 Å². The van der Waals surface area contributed by atoms with Crippen LogP contribution in [0.5, 0.6) is 0 Å². The molecular weight excluding hydrogens is 250 g/mol. The molecule has 0 fully saturated rings. The van der Waals surface area contributed by atoms with E-state index in [0.29, 0.717) is 11.3 Å². The molecule has 2 aromatic rings. The van der Waals surface area contributed by atoms with E-state index in [9.17, 15) is 4.79 Å². The Hall–Kier alpha value is -1.82. The Kier molecular flexibility index (Phi) is 3.99. The number of aromatic carboxylic acids is 1. The van der Waals surface area contributed by atoms with Gasteiger partial charge in [-0.15, -0.1) is 11.8 Å². The largest absolute Gasteiger partial charge is 0.478 e. The first kappa shape index (κ1) is 12.6. The maximum absolute atomic E-state index is 10.9. The Bertz CT molecular complexity index is 554. The first-order valence-corrected chi connectivity index (χ1v) is 6.52. The van der Waals surface area contributed by atoms with Gasteiger partial charge < -0.3 is 5.11 Å². The summed E-state index contributed by atoms with van der Waals surface area (Å²) >= 11 is 1.55. The molecule has 6 heteroatoms. The fraction of sp³-hybridized carbons (Fsp3) is 0.250. The van der Waals surface area contributed by atoms with Gasteiger partial charge in [-0.3, -0.25) is 0 Å². The Morgan fingerprint density at radius 3 is 3.06 bits per heavy atom. The van der Waals surface area contributed by atoms with Crippen molar-refractivity contribution in [2.45, 2.75) is 24.1 Å². The van der Waals surface area contributed by atoms with Crippen molar-refractivity contribution in [1.82, 2.24) is 14.8 Å². The van der Waals surface area contributed by atoms with E-state index in [-0.39, 0.29) is 0 Å². The van der Waals surface area contributed by atoms with Crippen LogP contribution >= 0.6 is 11.8 Å². The molecule has 0 aliphatic heterocycles. The minimum atomic E-state index is -0.908. The second-order valence-electron chi connectivity index (χ2n) is 3.61. The van der Waals surface area contributed by atoms with Crippen molar-refractivity contribution in [2.75, 3.05) is 0 Å². The van der Waals surface area contributed by atoms with Crippen molar-refractivity contribution in [3.63, 3.8) is 0 Å². The molecule has 0 saturated carbocycles. The molecule has 18 heavy (non-hydrogen) atoms. The van der Waals surface area contributed by atoms with Gasteiger partial charge in [0.1, 0.15) is 12.2 Å². The van der Waals surface area contributed by atoms with Crippen molar-refractivity contribution in [2.24, 2.45) is 0 Å². The Labute approximate surface area is 109 Å². The quantitative estimate of drug-likeness (QED) is 0.838. The van der Waals surface area contributed by atoms with Gasteiger partial charge >= 0.3 is 5.97 Å². The summed E-state index contributed by atoms with van der Waals surface area (Å²) in [4.78, 5) is 15.9. The van der Waals surface area contributed by atoms with Crippen molar-refractivity contribution in [3.05, 3.63) is 42.0 Å². The first-order chi connectivity index (χ1) is 8.70. The van der Waals surface area contributed by atoms with E-state index in [2.05, 4.69) is 10.1 Å². The fourth-order valence-electron chi connectivity index (χ4n) is 1.53. The second kappa shape index (κ2) is 5.68. The van der Waals surface area contributed by atoms with Gasteiger partial charge in [0.25, 0.3) is 0 Å². The van der Waals surface area contributed by atoms with E-state index >= 15 is 0 Å². The third kappa shape index (κ3) is 2.89. The highest BCUT2D eigenvalue weighted by Crippen LogP contribution is 2.22. The van der Waals surface area contributed by atoms with Crippen LogP contribution in [0.4, 0.5) is 0 Å². The molecule has 0 saturated heterocycles. The lowest BCUT2D eigenvalue weighted by molar-refractivity contribution is 0.0696. The summed E-state index contributed by atoms with van der Waals surface area (Å²) < 4.78 is 1.83. The molecule has 1 heterocycles. The van der Waals surface area contributed by atoms with Crippen molar-refractivity contribution < 1.29 is 9.90 Å². The van der Waals surface area contributed by atoms with Crippen LogP contribution < -0.4 is 0 Å². The molecule has 0 spiro atoms. The molecule has 0 aliphatic rings. The lowest BCUT2D eigenvalue weighted by Crippen LogP contribution is -2.02. The predicted octanol–water partition coefficient (Wildman–Crippen LogP) is 2.29. The number of thioether (sulfide) groups is 1. The number of carbonyl (C=O) groups is 1. The molecule has 0 atom stereocenters.